The van der Waals surface area contributed by atoms with Gasteiger partial charge in [-0.2, -0.15) is 4.98 Å². The van der Waals surface area contributed by atoms with Crippen LogP contribution < -0.4 is 15.0 Å². The lowest BCUT2D eigenvalue weighted by atomic mass is 10.0. The van der Waals surface area contributed by atoms with E-state index in [0.29, 0.717) is 18.2 Å². The molecule has 1 fully saturated rings. The van der Waals surface area contributed by atoms with Crippen molar-refractivity contribution in [2.75, 3.05) is 35.7 Å². The van der Waals surface area contributed by atoms with Gasteiger partial charge < -0.3 is 15.0 Å². The number of aromatic nitrogens is 3. The second kappa shape index (κ2) is 9.61. The fourth-order valence-electron chi connectivity index (χ4n) is 3.46. The van der Waals surface area contributed by atoms with Crippen LogP contribution in [0.5, 0.6) is 5.75 Å². The van der Waals surface area contributed by atoms with Gasteiger partial charge in [0.1, 0.15) is 21.8 Å². The minimum atomic E-state index is -0.0782. The van der Waals surface area contributed by atoms with Gasteiger partial charge in [-0.05, 0) is 49.9 Å². The van der Waals surface area contributed by atoms with Gasteiger partial charge in [0.15, 0.2) is 10.8 Å². The molecule has 3 heterocycles. The zero-order valence-electron chi connectivity index (χ0n) is 17.1. The van der Waals surface area contributed by atoms with Crippen molar-refractivity contribution in [2.45, 2.75) is 31.7 Å². The number of carbonyl (C=O) groups excluding carboxylic acids is 1. The molecule has 1 amide bonds. The molecule has 3 aromatic rings. The van der Waals surface area contributed by atoms with Crippen molar-refractivity contribution in [3.63, 3.8) is 0 Å². The van der Waals surface area contributed by atoms with Crippen LogP contribution in [0.3, 0.4) is 0 Å². The fourth-order valence-corrected chi connectivity index (χ4v) is 5.38. The van der Waals surface area contributed by atoms with Gasteiger partial charge in [-0.25, -0.2) is 9.97 Å². The summed E-state index contributed by atoms with van der Waals surface area (Å²) in [4.78, 5) is 28.2. The Morgan fingerprint density at radius 2 is 2.17 bits per heavy atom. The number of hydrogen-bond donors (Lipinski definition) is 1. The minimum absolute atomic E-state index is 0.0782. The largest absolute Gasteiger partial charge is 0.494 e. The Labute approximate surface area is 184 Å². The van der Waals surface area contributed by atoms with Gasteiger partial charge in [0.05, 0.1) is 12.4 Å². The number of amides is 1. The van der Waals surface area contributed by atoms with Gasteiger partial charge in [-0.1, -0.05) is 30.0 Å². The van der Waals surface area contributed by atoms with E-state index in [4.69, 9.17) is 9.72 Å². The number of benzene rings is 1. The van der Waals surface area contributed by atoms with Crippen molar-refractivity contribution in [1.29, 1.82) is 0 Å². The molecule has 9 heteroatoms. The molecule has 2 aromatic heterocycles. The van der Waals surface area contributed by atoms with Crippen molar-refractivity contribution < 1.29 is 9.53 Å². The summed E-state index contributed by atoms with van der Waals surface area (Å²) in [6.45, 7) is 6.90. The summed E-state index contributed by atoms with van der Waals surface area (Å²) in [6.07, 6.45) is 3.99. The first-order valence-electron chi connectivity index (χ1n) is 10.1. The number of nitrogens with one attached hydrogen (secondary N) is 1. The summed E-state index contributed by atoms with van der Waals surface area (Å²) >= 11 is 3.03. The van der Waals surface area contributed by atoms with Crippen LogP contribution >= 0.6 is 23.1 Å². The summed E-state index contributed by atoms with van der Waals surface area (Å²) in [7, 11) is 0. The van der Waals surface area contributed by atoms with Crippen LogP contribution in [0.15, 0.2) is 35.6 Å². The van der Waals surface area contributed by atoms with Crippen molar-refractivity contribution in [3.05, 3.63) is 30.6 Å². The highest BCUT2D eigenvalue weighted by atomic mass is 32.2. The third-order valence-electron chi connectivity index (χ3n) is 4.86. The number of nitrogens with zero attached hydrogens (tertiary/aromatic N) is 4. The fraction of sp³-hybridized carbons (Fsp3) is 0.429. The molecule has 0 bridgehead atoms. The van der Waals surface area contributed by atoms with Crippen LogP contribution in [0.4, 0.5) is 10.8 Å². The van der Waals surface area contributed by atoms with Crippen LogP contribution in [-0.4, -0.2) is 46.3 Å². The molecule has 1 saturated heterocycles. The van der Waals surface area contributed by atoms with E-state index >= 15 is 0 Å². The zero-order valence-corrected chi connectivity index (χ0v) is 18.8. The zero-order chi connectivity index (χ0) is 20.9. The van der Waals surface area contributed by atoms with Crippen molar-refractivity contribution in [2.24, 2.45) is 5.92 Å². The summed E-state index contributed by atoms with van der Waals surface area (Å²) in [5, 5.41) is 4.71. The average molecular weight is 444 g/mol. The third kappa shape index (κ3) is 5.02. The summed E-state index contributed by atoms with van der Waals surface area (Å²) in [5.74, 6) is 1.66. The van der Waals surface area contributed by atoms with Crippen LogP contribution in [-0.2, 0) is 4.79 Å². The van der Waals surface area contributed by atoms with Gasteiger partial charge >= 0.3 is 0 Å². The molecule has 0 aliphatic carbocycles. The molecule has 0 spiro atoms. The number of piperidine rings is 1. The smallest absolute Gasteiger partial charge is 0.234 e. The maximum Gasteiger partial charge on any atom is 0.234 e. The average Bonchev–Trinajstić information content (AvgIpc) is 3.19. The molecule has 1 atom stereocenters. The van der Waals surface area contributed by atoms with Crippen LogP contribution in [0.25, 0.3) is 10.3 Å². The van der Waals surface area contributed by atoms with Crippen molar-refractivity contribution in [3.8, 4) is 5.75 Å². The van der Waals surface area contributed by atoms with E-state index in [-0.39, 0.29) is 11.7 Å². The number of anilines is 2. The lowest BCUT2D eigenvalue weighted by molar-refractivity contribution is -0.113. The molecular formula is C21H25N5O2S2. The minimum Gasteiger partial charge on any atom is -0.494 e. The predicted molar refractivity (Wildman–Crippen MR) is 123 cm³/mol. The Morgan fingerprint density at radius 3 is 2.93 bits per heavy atom. The molecule has 30 heavy (non-hydrogen) atoms. The molecular weight excluding hydrogens is 418 g/mol. The standard InChI is InChI=1S/C21H25N5O2S2/c1-3-28-16-8-6-15(7-9-16)24-17(27)12-29-20-18-19(22-13-23-20)25-21(30-18)26-10-4-5-14(2)11-26/h6-9,13-14H,3-5,10-12H2,1-2H3,(H,24,27). The van der Waals surface area contributed by atoms with Crippen molar-refractivity contribution >= 4 is 50.2 Å². The van der Waals surface area contributed by atoms with Gasteiger partial charge in [-0.15, -0.1) is 0 Å². The molecule has 0 radical (unpaired) electrons. The van der Waals surface area contributed by atoms with E-state index in [1.54, 1.807) is 11.3 Å². The number of hydrogen-bond acceptors (Lipinski definition) is 8. The first-order chi connectivity index (χ1) is 14.6. The van der Waals surface area contributed by atoms with Gasteiger partial charge in [0, 0.05) is 18.8 Å². The van der Waals surface area contributed by atoms with E-state index < -0.39 is 0 Å². The van der Waals surface area contributed by atoms with Gasteiger partial charge in [-0.3, -0.25) is 4.79 Å². The van der Waals surface area contributed by atoms with E-state index in [0.717, 1.165) is 39.4 Å². The highest BCUT2D eigenvalue weighted by molar-refractivity contribution is 8.00. The number of thioether (sulfide) groups is 1. The SMILES string of the molecule is CCOc1ccc(NC(=O)CSc2ncnc3nc(N4CCCC(C)C4)sc23)cc1. The number of thiazole rings is 1. The first kappa shape index (κ1) is 20.9. The summed E-state index contributed by atoms with van der Waals surface area (Å²) in [5.41, 5.74) is 1.45. The molecule has 0 saturated carbocycles. The Morgan fingerprint density at radius 1 is 1.33 bits per heavy atom. The highest BCUT2D eigenvalue weighted by Gasteiger charge is 2.21. The van der Waals surface area contributed by atoms with Crippen molar-refractivity contribution in [1.82, 2.24) is 15.0 Å². The molecule has 4 rings (SSSR count). The third-order valence-corrected chi connectivity index (χ3v) is 7.09. The second-order valence-corrected chi connectivity index (χ2v) is 9.26. The van der Waals surface area contributed by atoms with E-state index in [1.807, 2.05) is 31.2 Å². The Hall–Kier alpha value is -2.39. The van der Waals surface area contributed by atoms with E-state index in [1.165, 1.54) is 30.9 Å². The quantitative estimate of drug-likeness (QED) is 0.427. The Bertz CT molecular complexity index is 1010. The topological polar surface area (TPSA) is 80.2 Å². The predicted octanol–water partition coefficient (Wildman–Crippen LogP) is 4.45. The molecule has 158 valence electrons. The monoisotopic (exact) mass is 443 g/mol. The van der Waals surface area contributed by atoms with E-state index in [9.17, 15) is 4.79 Å². The Balaban J connectivity index is 1.40. The molecule has 7 nitrogen and oxygen atoms in total. The lowest BCUT2D eigenvalue weighted by Gasteiger charge is -2.30. The van der Waals surface area contributed by atoms with Crippen LogP contribution in [0.1, 0.15) is 26.7 Å². The van der Waals surface area contributed by atoms with E-state index in [2.05, 4.69) is 27.1 Å². The molecule has 1 aromatic carbocycles. The first-order valence-corrected chi connectivity index (χ1v) is 11.9. The van der Waals surface area contributed by atoms with Crippen LogP contribution in [0, 0.1) is 5.92 Å². The summed E-state index contributed by atoms with van der Waals surface area (Å²) < 4.78 is 6.37. The lowest BCUT2D eigenvalue weighted by Crippen LogP contribution is -2.34. The molecule has 1 unspecified atom stereocenters. The number of ether oxygens (including phenoxy) is 1. The van der Waals surface area contributed by atoms with Crippen LogP contribution in [0.2, 0.25) is 0 Å². The maximum absolute atomic E-state index is 12.4. The van der Waals surface area contributed by atoms with Gasteiger partial charge in [0.25, 0.3) is 0 Å². The highest BCUT2D eigenvalue weighted by Crippen LogP contribution is 2.35. The maximum atomic E-state index is 12.4. The molecule has 1 aliphatic heterocycles. The van der Waals surface area contributed by atoms with Gasteiger partial charge in [0.2, 0.25) is 5.91 Å². The summed E-state index contributed by atoms with van der Waals surface area (Å²) in [6, 6.07) is 7.37. The second-order valence-electron chi connectivity index (χ2n) is 7.32. The molecule has 1 aliphatic rings. The number of carbonyl (C=O) groups is 1. The normalized spacial score (nSPS) is 16.6. The number of fused-ring (bicyclic) bond motifs is 1. The molecule has 1 N–H and O–H groups in total. The number of rotatable bonds is 7. The Kier molecular flexibility index (Phi) is 6.69.